The molecule has 6 rings (SSSR count). The minimum atomic E-state index is -2.95. The summed E-state index contributed by atoms with van der Waals surface area (Å²) in [6.07, 6.45) is 2.04. The van der Waals surface area contributed by atoms with Crippen LogP contribution in [0.3, 0.4) is 0 Å². The van der Waals surface area contributed by atoms with E-state index in [1.165, 1.54) is 13.2 Å². The van der Waals surface area contributed by atoms with E-state index in [0.717, 1.165) is 39.1 Å². The predicted octanol–water partition coefficient (Wildman–Crippen LogP) is 6.17. The van der Waals surface area contributed by atoms with Gasteiger partial charge in [-0.1, -0.05) is 12.1 Å². The second-order valence-corrected chi connectivity index (χ2v) is 13.8. The van der Waals surface area contributed by atoms with Crippen LogP contribution in [0.1, 0.15) is 65.5 Å². The monoisotopic (exact) mass is 594 g/mol. The summed E-state index contributed by atoms with van der Waals surface area (Å²) in [6.45, 7) is 4.46. The van der Waals surface area contributed by atoms with E-state index in [9.17, 15) is 13.2 Å². The van der Waals surface area contributed by atoms with Crippen molar-refractivity contribution in [1.29, 1.82) is 0 Å². The number of carbonyl (C=O) groups is 1. The van der Waals surface area contributed by atoms with Crippen molar-refractivity contribution in [3.8, 4) is 28.4 Å². The lowest BCUT2D eigenvalue weighted by atomic mass is 9.90. The van der Waals surface area contributed by atoms with Crippen LogP contribution in [0, 0.1) is 19.7 Å². The van der Waals surface area contributed by atoms with Crippen LogP contribution in [0.25, 0.3) is 11.1 Å². The topological polar surface area (TPSA) is 88.1 Å². The van der Waals surface area contributed by atoms with E-state index in [1.807, 2.05) is 50.2 Å². The number of methoxy groups -OCH3 is 1. The first-order valence-electron chi connectivity index (χ1n) is 14.4. The molecule has 3 aromatic carbocycles. The SMILES string of the molecule is COC(=O)C[C@@H]1COc2cc(OC3CCc4c(-c5c(C)cc(OC6CCS(=O)(=O)CC6)cc5C)ccc(F)c43)ccc21. The highest BCUT2D eigenvalue weighted by atomic mass is 32.2. The summed E-state index contributed by atoms with van der Waals surface area (Å²) in [5.41, 5.74) is 6.56. The van der Waals surface area contributed by atoms with E-state index in [0.29, 0.717) is 49.4 Å². The maximum atomic E-state index is 15.3. The largest absolute Gasteiger partial charge is 0.492 e. The molecule has 0 bridgehead atoms. The number of aryl methyl sites for hydroxylation is 2. The molecule has 0 N–H and O–H groups in total. The number of esters is 1. The highest BCUT2D eigenvalue weighted by Gasteiger charge is 2.33. The molecule has 2 aliphatic heterocycles. The summed E-state index contributed by atoms with van der Waals surface area (Å²) in [7, 11) is -1.58. The molecule has 9 heteroatoms. The Morgan fingerprint density at radius 2 is 1.71 bits per heavy atom. The van der Waals surface area contributed by atoms with E-state index < -0.39 is 15.9 Å². The normalized spacial score (nSPS) is 20.9. The van der Waals surface area contributed by atoms with Crippen LogP contribution in [-0.2, 0) is 25.8 Å². The van der Waals surface area contributed by atoms with Crippen molar-refractivity contribution in [3.63, 3.8) is 0 Å². The maximum Gasteiger partial charge on any atom is 0.306 e. The van der Waals surface area contributed by atoms with Gasteiger partial charge in [0, 0.05) is 23.1 Å². The van der Waals surface area contributed by atoms with Crippen molar-refractivity contribution in [3.05, 3.63) is 76.1 Å². The molecular weight excluding hydrogens is 559 g/mol. The van der Waals surface area contributed by atoms with Crippen LogP contribution in [0.2, 0.25) is 0 Å². The number of halogens is 1. The molecule has 1 saturated heterocycles. The molecule has 2 heterocycles. The summed E-state index contributed by atoms with van der Waals surface area (Å²) in [5.74, 6) is 1.70. The number of fused-ring (bicyclic) bond motifs is 2. The van der Waals surface area contributed by atoms with Gasteiger partial charge in [-0.05, 0) is 91.6 Å². The van der Waals surface area contributed by atoms with Crippen LogP contribution >= 0.6 is 0 Å². The predicted molar refractivity (Wildman–Crippen MR) is 157 cm³/mol. The van der Waals surface area contributed by atoms with Crippen LogP contribution in [0.4, 0.5) is 4.39 Å². The van der Waals surface area contributed by atoms with E-state index in [1.54, 1.807) is 0 Å². The van der Waals surface area contributed by atoms with Crippen LogP contribution in [0.15, 0.2) is 42.5 Å². The Morgan fingerprint density at radius 3 is 2.43 bits per heavy atom. The minimum Gasteiger partial charge on any atom is -0.492 e. The quantitative estimate of drug-likeness (QED) is 0.302. The average molecular weight is 595 g/mol. The molecule has 0 saturated carbocycles. The first kappa shape index (κ1) is 28.5. The Hall–Kier alpha value is -3.59. The Balaban J connectivity index is 1.22. The lowest BCUT2D eigenvalue weighted by Crippen LogP contribution is -2.30. The molecule has 0 radical (unpaired) electrons. The summed E-state index contributed by atoms with van der Waals surface area (Å²) < 4.78 is 62.1. The Morgan fingerprint density at radius 1 is 0.976 bits per heavy atom. The lowest BCUT2D eigenvalue weighted by molar-refractivity contribution is -0.141. The van der Waals surface area contributed by atoms with Gasteiger partial charge in [0.15, 0.2) is 9.84 Å². The van der Waals surface area contributed by atoms with Gasteiger partial charge in [-0.2, -0.15) is 0 Å². The number of carbonyl (C=O) groups excluding carboxylic acids is 1. The number of hydrogen-bond acceptors (Lipinski definition) is 7. The fourth-order valence-electron chi connectivity index (χ4n) is 6.57. The summed E-state index contributed by atoms with van der Waals surface area (Å²) >= 11 is 0. The first-order valence-corrected chi connectivity index (χ1v) is 16.2. The molecule has 42 heavy (non-hydrogen) atoms. The first-order chi connectivity index (χ1) is 20.1. The van der Waals surface area contributed by atoms with E-state index in [-0.39, 0.29) is 41.7 Å². The van der Waals surface area contributed by atoms with Crippen molar-refractivity contribution in [2.24, 2.45) is 0 Å². The second-order valence-electron chi connectivity index (χ2n) is 11.5. The molecule has 0 amide bonds. The smallest absolute Gasteiger partial charge is 0.306 e. The zero-order chi connectivity index (χ0) is 29.6. The van der Waals surface area contributed by atoms with Crippen molar-refractivity contribution in [1.82, 2.24) is 0 Å². The molecule has 222 valence electrons. The average Bonchev–Trinajstić information content (AvgIpc) is 3.55. The molecule has 0 spiro atoms. The van der Waals surface area contributed by atoms with Gasteiger partial charge in [-0.3, -0.25) is 4.79 Å². The van der Waals surface area contributed by atoms with E-state index >= 15 is 4.39 Å². The molecule has 3 aromatic rings. The van der Waals surface area contributed by atoms with Crippen LogP contribution in [0.5, 0.6) is 17.2 Å². The Bertz CT molecular complexity index is 1610. The van der Waals surface area contributed by atoms with Gasteiger partial charge in [0.2, 0.25) is 0 Å². The van der Waals surface area contributed by atoms with E-state index in [2.05, 4.69) is 0 Å². The molecule has 1 fully saturated rings. The summed E-state index contributed by atoms with van der Waals surface area (Å²) in [6, 6.07) is 12.9. The molecule has 1 unspecified atom stereocenters. The Kier molecular flexibility index (Phi) is 7.64. The van der Waals surface area contributed by atoms with Crippen molar-refractivity contribution < 1.29 is 36.6 Å². The second kappa shape index (κ2) is 11.2. The molecule has 7 nitrogen and oxygen atoms in total. The van der Waals surface area contributed by atoms with Crippen LogP contribution < -0.4 is 14.2 Å². The van der Waals surface area contributed by atoms with Gasteiger partial charge in [0.25, 0.3) is 0 Å². The third kappa shape index (κ3) is 5.59. The third-order valence-electron chi connectivity index (χ3n) is 8.65. The summed E-state index contributed by atoms with van der Waals surface area (Å²) in [5, 5.41) is 0. The van der Waals surface area contributed by atoms with Crippen LogP contribution in [-0.4, -0.2) is 45.7 Å². The number of sulfone groups is 1. The molecule has 0 aromatic heterocycles. The van der Waals surface area contributed by atoms with Gasteiger partial charge >= 0.3 is 5.97 Å². The molecule has 3 aliphatic rings. The van der Waals surface area contributed by atoms with E-state index in [4.69, 9.17) is 18.9 Å². The number of benzene rings is 3. The highest BCUT2D eigenvalue weighted by molar-refractivity contribution is 7.91. The standard InChI is InChI=1S/C33H35FO7S/c1-19-14-24(40-22-10-12-42(36,37)13-11-22)15-20(2)32(19)26-6-8-28(34)33-27(26)7-9-29(33)41-23-4-5-25-21(16-31(35)38-3)18-39-30(25)17-23/h4-6,8,14-15,17,21-22,29H,7,9-13,16,18H2,1-3H3/t21-,29?/m1/s1. The fraction of sp³-hybridized carbons (Fsp3) is 0.424. The maximum absolute atomic E-state index is 15.3. The zero-order valence-electron chi connectivity index (χ0n) is 24.1. The van der Waals surface area contributed by atoms with Crippen molar-refractivity contribution in [2.75, 3.05) is 25.2 Å². The van der Waals surface area contributed by atoms with Gasteiger partial charge in [-0.25, -0.2) is 12.8 Å². The third-order valence-corrected chi connectivity index (χ3v) is 10.4. The fourth-order valence-corrected chi connectivity index (χ4v) is 8.02. The number of ether oxygens (including phenoxy) is 4. The van der Waals surface area contributed by atoms with Gasteiger partial charge in [0.05, 0.1) is 31.6 Å². The molecule has 1 aliphatic carbocycles. The lowest BCUT2D eigenvalue weighted by Gasteiger charge is -2.24. The van der Waals surface area contributed by atoms with Gasteiger partial charge in [0.1, 0.15) is 35.3 Å². The summed E-state index contributed by atoms with van der Waals surface area (Å²) in [4.78, 5) is 11.8. The highest BCUT2D eigenvalue weighted by Crippen LogP contribution is 2.45. The van der Waals surface area contributed by atoms with Gasteiger partial charge < -0.3 is 18.9 Å². The minimum absolute atomic E-state index is 0.0595. The number of hydrogen-bond donors (Lipinski definition) is 0. The molecule has 2 atom stereocenters. The molecular formula is C33H35FO7S. The van der Waals surface area contributed by atoms with Crippen molar-refractivity contribution >= 4 is 15.8 Å². The number of rotatable bonds is 7. The van der Waals surface area contributed by atoms with Crippen molar-refractivity contribution in [2.45, 2.75) is 64.1 Å². The van der Waals surface area contributed by atoms with Gasteiger partial charge in [-0.15, -0.1) is 0 Å². The zero-order valence-corrected chi connectivity index (χ0v) is 24.9. The Labute approximate surface area is 245 Å².